The molecule has 7 nitrogen and oxygen atoms in total. The van der Waals surface area contributed by atoms with Gasteiger partial charge >= 0.3 is 5.69 Å². The summed E-state index contributed by atoms with van der Waals surface area (Å²) in [4.78, 5) is 21.7. The largest absolute Gasteiger partial charge is 0.502 e. The molecule has 110 valence electrons. The van der Waals surface area contributed by atoms with Crippen LogP contribution in [-0.4, -0.2) is 22.5 Å². The zero-order valence-electron chi connectivity index (χ0n) is 11.5. The summed E-state index contributed by atoms with van der Waals surface area (Å²) in [5, 5.41) is 31.6. The molecule has 0 fully saturated rings. The molecule has 7 heteroatoms. The first kappa shape index (κ1) is 16.2. The van der Waals surface area contributed by atoms with Crippen molar-refractivity contribution in [1.82, 2.24) is 5.32 Å². The van der Waals surface area contributed by atoms with E-state index in [9.17, 15) is 20.0 Å². The minimum Gasteiger partial charge on any atom is -0.502 e. The number of rotatable bonds is 6. The first-order valence-electron chi connectivity index (χ1n) is 6.37. The van der Waals surface area contributed by atoms with Gasteiger partial charge in [-0.25, -0.2) is 0 Å². The van der Waals surface area contributed by atoms with Crippen molar-refractivity contribution in [1.29, 1.82) is 5.26 Å². The summed E-state index contributed by atoms with van der Waals surface area (Å²) in [6, 6.07) is 5.40. The fourth-order valence-electron chi connectivity index (χ4n) is 1.57. The van der Waals surface area contributed by atoms with Crippen LogP contribution < -0.4 is 5.32 Å². The third kappa shape index (κ3) is 4.62. The zero-order chi connectivity index (χ0) is 15.8. The summed E-state index contributed by atoms with van der Waals surface area (Å²) < 4.78 is 0. The number of unbranched alkanes of at least 4 members (excludes halogenated alkanes) is 1. The number of carbonyl (C=O) groups is 1. The number of nitro groups is 1. The molecule has 21 heavy (non-hydrogen) atoms. The lowest BCUT2D eigenvalue weighted by Crippen LogP contribution is -2.25. The average molecular weight is 289 g/mol. The highest BCUT2D eigenvalue weighted by molar-refractivity contribution is 6.01. The fourth-order valence-corrected chi connectivity index (χ4v) is 1.57. The van der Waals surface area contributed by atoms with Crippen molar-refractivity contribution < 1.29 is 14.8 Å². The van der Waals surface area contributed by atoms with Crippen LogP contribution in [0.5, 0.6) is 5.75 Å². The zero-order valence-corrected chi connectivity index (χ0v) is 11.5. The predicted molar refractivity (Wildman–Crippen MR) is 76.3 cm³/mol. The molecule has 0 heterocycles. The number of benzene rings is 1. The van der Waals surface area contributed by atoms with E-state index in [1.807, 2.05) is 6.92 Å². The molecule has 0 aromatic heterocycles. The summed E-state index contributed by atoms with van der Waals surface area (Å²) in [6.45, 7) is 2.44. The molecule has 0 bridgehead atoms. The van der Waals surface area contributed by atoms with Gasteiger partial charge in [0.05, 0.1) is 4.92 Å². The predicted octanol–water partition coefficient (Wildman–Crippen LogP) is 2.12. The van der Waals surface area contributed by atoms with E-state index in [4.69, 9.17) is 5.26 Å². The van der Waals surface area contributed by atoms with Gasteiger partial charge in [0, 0.05) is 12.6 Å². The summed E-state index contributed by atoms with van der Waals surface area (Å²) >= 11 is 0. The van der Waals surface area contributed by atoms with Gasteiger partial charge in [0.1, 0.15) is 11.6 Å². The van der Waals surface area contributed by atoms with Gasteiger partial charge in [-0.3, -0.25) is 14.9 Å². The SMILES string of the molecule is CCCCNC(=O)/C(C#N)=C\c1ccc(O)c([N+](=O)[O-])c1. The number of amides is 1. The monoisotopic (exact) mass is 289 g/mol. The van der Waals surface area contributed by atoms with E-state index in [2.05, 4.69) is 5.32 Å². The van der Waals surface area contributed by atoms with Crippen LogP contribution >= 0.6 is 0 Å². The Hall–Kier alpha value is -2.88. The Bertz CT molecular complexity index is 617. The average Bonchev–Trinajstić information content (AvgIpc) is 2.46. The third-order valence-corrected chi connectivity index (χ3v) is 2.69. The van der Waals surface area contributed by atoms with Crippen molar-refractivity contribution in [2.75, 3.05) is 6.54 Å². The van der Waals surface area contributed by atoms with Crippen molar-refractivity contribution in [3.05, 3.63) is 39.4 Å². The Morgan fingerprint density at radius 3 is 2.86 bits per heavy atom. The van der Waals surface area contributed by atoms with Crippen LogP contribution in [-0.2, 0) is 4.79 Å². The molecular formula is C14H15N3O4. The summed E-state index contributed by atoms with van der Waals surface area (Å²) in [6.07, 6.45) is 2.96. The van der Waals surface area contributed by atoms with Crippen molar-refractivity contribution in [2.45, 2.75) is 19.8 Å². The van der Waals surface area contributed by atoms with E-state index in [0.29, 0.717) is 12.1 Å². The third-order valence-electron chi connectivity index (χ3n) is 2.69. The van der Waals surface area contributed by atoms with Gasteiger partial charge in [-0.2, -0.15) is 5.26 Å². The van der Waals surface area contributed by atoms with Crippen LogP contribution in [0.2, 0.25) is 0 Å². The molecule has 1 rings (SSSR count). The fraction of sp³-hybridized carbons (Fsp3) is 0.286. The smallest absolute Gasteiger partial charge is 0.311 e. The highest BCUT2D eigenvalue weighted by Gasteiger charge is 2.14. The molecule has 0 saturated heterocycles. The lowest BCUT2D eigenvalue weighted by molar-refractivity contribution is -0.385. The molecule has 0 saturated carbocycles. The van der Waals surface area contributed by atoms with Crippen LogP contribution in [0.25, 0.3) is 6.08 Å². The van der Waals surface area contributed by atoms with Crippen LogP contribution in [0, 0.1) is 21.4 Å². The van der Waals surface area contributed by atoms with E-state index in [1.165, 1.54) is 12.1 Å². The number of hydrogen-bond donors (Lipinski definition) is 2. The van der Waals surface area contributed by atoms with E-state index >= 15 is 0 Å². The van der Waals surface area contributed by atoms with Gasteiger partial charge < -0.3 is 10.4 Å². The molecule has 0 aliphatic carbocycles. The van der Waals surface area contributed by atoms with Crippen molar-refractivity contribution in [3.63, 3.8) is 0 Å². The maximum Gasteiger partial charge on any atom is 0.311 e. The van der Waals surface area contributed by atoms with Gasteiger partial charge in [0.15, 0.2) is 5.75 Å². The first-order chi connectivity index (χ1) is 9.99. The molecule has 0 spiro atoms. The Labute approximate surface area is 121 Å². The molecule has 2 N–H and O–H groups in total. The molecular weight excluding hydrogens is 274 g/mol. The highest BCUT2D eigenvalue weighted by Crippen LogP contribution is 2.27. The molecule has 0 unspecified atom stereocenters. The van der Waals surface area contributed by atoms with Gasteiger partial charge in [-0.15, -0.1) is 0 Å². The Morgan fingerprint density at radius 2 is 2.29 bits per heavy atom. The Morgan fingerprint density at radius 1 is 1.57 bits per heavy atom. The summed E-state index contributed by atoms with van der Waals surface area (Å²) in [5.74, 6) is -0.996. The minimum absolute atomic E-state index is 0.147. The normalized spacial score (nSPS) is 10.8. The van der Waals surface area contributed by atoms with Crippen LogP contribution in [0.3, 0.4) is 0 Å². The van der Waals surface area contributed by atoms with Crippen molar-refractivity contribution >= 4 is 17.7 Å². The molecule has 1 amide bonds. The topological polar surface area (TPSA) is 116 Å². The van der Waals surface area contributed by atoms with Gasteiger partial charge in [0.2, 0.25) is 0 Å². The number of nitriles is 1. The van der Waals surface area contributed by atoms with E-state index in [0.717, 1.165) is 25.0 Å². The second kappa shape index (κ2) is 7.65. The quantitative estimate of drug-likeness (QED) is 0.273. The van der Waals surface area contributed by atoms with Crippen LogP contribution in [0.15, 0.2) is 23.8 Å². The van der Waals surface area contributed by atoms with E-state index in [1.54, 1.807) is 6.07 Å². The maximum atomic E-state index is 11.8. The minimum atomic E-state index is -0.736. The number of nitrogens with one attached hydrogen (secondary N) is 1. The van der Waals surface area contributed by atoms with Gasteiger partial charge in [-0.05, 0) is 24.1 Å². The number of aromatic hydroxyl groups is 1. The second-order valence-electron chi connectivity index (χ2n) is 4.28. The number of phenols is 1. The standard InChI is InChI=1S/C14H15N3O4/c1-2-3-6-16-14(19)11(9-15)7-10-4-5-13(18)12(8-10)17(20)21/h4-5,7-8,18H,2-3,6H2,1H3,(H,16,19)/b11-7-. The Kier molecular flexibility index (Phi) is 5.89. The second-order valence-corrected chi connectivity index (χ2v) is 4.28. The number of hydrogen-bond acceptors (Lipinski definition) is 5. The molecule has 0 aliphatic rings. The molecule has 0 atom stereocenters. The number of nitro benzene ring substituents is 1. The number of phenolic OH excluding ortho intramolecular Hbond substituents is 1. The van der Waals surface area contributed by atoms with Crippen LogP contribution in [0.4, 0.5) is 5.69 Å². The van der Waals surface area contributed by atoms with Crippen molar-refractivity contribution in [3.8, 4) is 11.8 Å². The summed E-state index contributed by atoms with van der Waals surface area (Å²) in [5.41, 5.74) is -0.333. The molecule has 1 aromatic carbocycles. The number of carbonyl (C=O) groups excluding carboxylic acids is 1. The van der Waals surface area contributed by atoms with E-state index in [-0.39, 0.29) is 5.57 Å². The van der Waals surface area contributed by atoms with Gasteiger partial charge in [0.25, 0.3) is 5.91 Å². The lowest BCUT2D eigenvalue weighted by atomic mass is 10.1. The lowest BCUT2D eigenvalue weighted by Gasteiger charge is -2.03. The van der Waals surface area contributed by atoms with Crippen molar-refractivity contribution in [2.24, 2.45) is 0 Å². The van der Waals surface area contributed by atoms with E-state index < -0.39 is 22.3 Å². The van der Waals surface area contributed by atoms with Gasteiger partial charge in [-0.1, -0.05) is 19.4 Å². The molecule has 0 radical (unpaired) electrons. The molecule has 0 aliphatic heterocycles. The highest BCUT2D eigenvalue weighted by atomic mass is 16.6. The van der Waals surface area contributed by atoms with Crippen LogP contribution in [0.1, 0.15) is 25.3 Å². The number of nitrogens with zero attached hydrogens (tertiary/aromatic N) is 2. The summed E-state index contributed by atoms with van der Waals surface area (Å²) in [7, 11) is 0. The first-order valence-corrected chi connectivity index (χ1v) is 6.37. The maximum absolute atomic E-state index is 11.8. The Balaban J connectivity index is 2.98. The molecule has 1 aromatic rings.